The molecule has 2 heterocycles. The van der Waals surface area contributed by atoms with E-state index in [0.717, 1.165) is 25.9 Å². The van der Waals surface area contributed by atoms with Gasteiger partial charge in [-0.2, -0.15) is 0 Å². The lowest BCUT2D eigenvalue weighted by molar-refractivity contribution is -0.134. The lowest BCUT2D eigenvalue weighted by Crippen LogP contribution is -2.44. The molecule has 2 fully saturated rings. The van der Waals surface area contributed by atoms with Crippen LogP contribution in [0.1, 0.15) is 46.5 Å². The van der Waals surface area contributed by atoms with Gasteiger partial charge in [-0.05, 0) is 46.5 Å². The summed E-state index contributed by atoms with van der Waals surface area (Å²) in [6.07, 6.45) is 3.45. The molecule has 7 heteroatoms. The van der Waals surface area contributed by atoms with Crippen molar-refractivity contribution in [2.75, 3.05) is 32.7 Å². The van der Waals surface area contributed by atoms with Crippen molar-refractivity contribution in [3.63, 3.8) is 0 Å². The van der Waals surface area contributed by atoms with E-state index in [1.165, 1.54) is 6.42 Å². The Hall–Kier alpha value is -1.79. The van der Waals surface area contributed by atoms with Crippen molar-refractivity contribution >= 4 is 17.9 Å². The minimum absolute atomic E-state index is 0.0231. The second-order valence-corrected chi connectivity index (χ2v) is 7.57. The van der Waals surface area contributed by atoms with E-state index in [4.69, 9.17) is 4.74 Å². The van der Waals surface area contributed by atoms with E-state index >= 15 is 0 Å². The van der Waals surface area contributed by atoms with E-state index in [2.05, 4.69) is 5.32 Å². The van der Waals surface area contributed by atoms with Crippen LogP contribution >= 0.6 is 0 Å². The topological polar surface area (TPSA) is 79.0 Å². The molecule has 0 aliphatic carbocycles. The molecule has 0 aromatic heterocycles. The van der Waals surface area contributed by atoms with Gasteiger partial charge in [0.25, 0.3) is 0 Å². The van der Waals surface area contributed by atoms with Gasteiger partial charge in [-0.15, -0.1) is 0 Å². The lowest BCUT2D eigenvalue weighted by Gasteiger charge is -2.27. The zero-order chi connectivity index (χ0) is 17.7. The summed E-state index contributed by atoms with van der Waals surface area (Å²) in [5.41, 5.74) is -0.543. The largest absolute Gasteiger partial charge is 0.444 e. The molecule has 1 N–H and O–H groups in total. The Bertz CT molecular complexity index is 481. The van der Waals surface area contributed by atoms with Crippen molar-refractivity contribution in [3.05, 3.63) is 0 Å². The number of likely N-dealkylation sites (tertiary alicyclic amines) is 2. The maximum atomic E-state index is 12.2. The number of ether oxygens (including phenoxy) is 1. The zero-order valence-electron chi connectivity index (χ0n) is 15.0. The summed E-state index contributed by atoms with van der Waals surface area (Å²) < 4.78 is 5.32. The predicted octanol–water partition coefficient (Wildman–Crippen LogP) is 1.37. The summed E-state index contributed by atoms with van der Waals surface area (Å²) in [5.74, 6) is -0.455. The van der Waals surface area contributed by atoms with Crippen LogP contribution in [0, 0.1) is 5.92 Å². The van der Waals surface area contributed by atoms with Crippen molar-refractivity contribution in [2.45, 2.75) is 52.1 Å². The van der Waals surface area contributed by atoms with Gasteiger partial charge in [0.2, 0.25) is 11.8 Å². The average molecular weight is 339 g/mol. The summed E-state index contributed by atoms with van der Waals surface area (Å²) in [4.78, 5) is 39.7. The smallest absolute Gasteiger partial charge is 0.410 e. The van der Waals surface area contributed by atoms with E-state index in [0.29, 0.717) is 19.5 Å². The number of piperidine rings is 1. The number of rotatable bonds is 3. The summed E-state index contributed by atoms with van der Waals surface area (Å²) >= 11 is 0. The summed E-state index contributed by atoms with van der Waals surface area (Å²) in [5, 5.41) is 2.72. The molecule has 1 unspecified atom stereocenters. The molecule has 0 saturated carbocycles. The van der Waals surface area contributed by atoms with Crippen LogP contribution in [0.2, 0.25) is 0 Å². The molecule has 2 aliphatic heterocycles. The molecular formula is C17H29N3O4. The van der Waals surface area contributed by atoms with E-state index in [1.54, 1.807) is 4.90 Å². The van der Waals surface area contributed by atoms with Crippen molar-refractivity contribution in [2.24, 2.45) is 5.92 Å². The van der Waals surface area contributed by atoms with Crippen LogP contribution in [-0.4, -0.2) is 66.0 Å². The molecule has 24 heavy (non-hydrogen) atoms. The van der Waals surface area contributed by atoms with Gasteiger partial charge in [0.1, 0.15) is 5.60 Å². The molecule has 7 nitrogen and oxygen atoms in total. The molecule has 0 radical (unpaired) electrons. The Labute approximate surface area is 143 Å². The minimum atomic E-state index is -0.543. The van der Waals surface area contributed by atoms with Crippen LogP contribution in [0.5, 0.6) is 0 Å². The SMILES string of the molecule is CC(C)(C)OC(=O)N1CCC(C(=O)NCC(=O)N2CCCCC2)C1. The molecule has 0 spiro atoms. The highest BCUT2D eigenvalue weighted by molar-refractivity contribution is 5.86. The number of hydrogen-bond acceptors (Lipinski definition) is 4. The Balaban J connectivity index is 1.73. The molecule has 136 valence electrons. The third-order valence-electron chi connectivity index (χ3n) is 4.33. The van der Waals surface area contributed by atoms with Gasteiger partial charge < -0.3 is 19.9 Å². The first-order chi connectivity index (χ1) is 11.3. The van der Waals surface area contributed by atoms with Crippen molar-refractivity contribution in [1.29, 1.82) is 0 Å². The Morgan fingerprint density at radius 1 is 1.04 bits per heavy atom. The van der Waals surface area contributed by atoms with Crippen LogP contribution in [-0.2, 0) is 14.3 Å². The molecule has 2 aliphatic rings. The number of carbonyl (C=O) groups is 3. The molecule has 1 atom stereocenters. The quantitative estimate of drug-likeness (QED) is 0.842. The van der Waals surface area contributed by atoms with Crippen molar-refractivity contribution in [1.82, 2.24) is 15.1 Å². The molecule has 0 aromatic rings. The number of hydrogen-bond donors (Lipinski definition) is 1. The van der Waals surface area contributed by atoms with E-state index in [-0.39, 0.29) is 30.4 Å². The first-order valence-corrected chi connectivity index (χ1v) is 8.80. The van der Waals surface area contributed by atoms with Gasteiger partial charge in [0, 0.05) is 26.2 Å². The van der Waals surface area contributed by atoms with Crippen LogP contribution in [0.3, 0.4) is 0 Å². The number of carbonyl (C=O) groups excluding carboxylic acids is 3. The highest BCUT2D eigenvalue weighted by Gasteiger charge is 2.33. The second kappa shape index (κ2) is 7.85. The van der Waals surface area contributed by atoms with Gasteiger partial charge in [-0.25, -0.2) is 4.79 Å². The molecular weight excluding hydrogens is 310 g/mol. The average Bonchev–Trinajstić information content (AvgIpc) is 3.01. The van der Waals surface area contributed by atoms with Gasteiger partial charge in [0.15, 0.2) is 0 Å². The maximum Gasteiger partial charge on any atom is 0.410 e. The van der Waals surface area contributed by atoms with Gasteiger partial charge in [0.05, 0.1) is 12.5 Å². The minimum Gasteiger partial charge on any atom is -0.444 e. The highest BCUT2D eigenvalue weighted by Crippen LogP contribution is 2.19. The molecule has 2 saturated heterocycles. The van der Waals surface area contributed by atoms with Crippen LogP contribution in [0.25, 0.3) is 0 Å². The number of nitrogens with zero attached hydrogens (tertiary/aromatic N) is 2. The Morgan fingerprint density at radius 3 is 2.33 bits per heavy atom. The Kier molecular flexibility index (Phi) is 6.07. The first-order valence-electron chi connectivity index (χ1n) is 8.80. The van der Waals surface area contributed by atoms with Crippen molar-refractivity contribution in [3.8, 4) is 0 Å². The third-order valence-corrected chi connectivity index (χ3v) is 4.33. The fourth-order valence-electron chi connectivity index (χ4n) is 3.03. The second-order valence-electron chi connectivity index (χ2n) is 7.57. The van der Waals surface area contributed by atoms with Gasteiger partial charge in [-0.1, -0.05) is 0 Å². The zero-order valence-corrected chi connectivity index (χ0v) is 15.0. The molecule has 0 aromatic carbocycles. The van der Waals surface area contributed by atoms with Crippen LogP contribution in [0.15, 0.2) is 0 Å². The van der Waals surface area contributed by atoms with Crippen LogP contribution < -0.4 is 5.32 Å². The fourth-order valence-corrected chi connectivity index (χ4v) is 3.03. The molecule has 2 rings (SSSR count). The lowest BCUT2D eigenvalue weighted by atomic mass is 10.1. The fraction of sp³-hybridized carbons (Fsp3) is 0.824. The summed E-state index contributed by atoms with van der Waals surface area (Å²) in [7, 11) is 0. The van der Waals surface area contributed by atoms with Crippen LogP contribution in [0.4, 0.5) is 4.79 Å². The predicted molar refractivity (Wildman–Crippen MR) is 89.4 cm³/mol. The summed E-state index contributed by atoms with van der Waals surface area (Å²) in [6, 6.07) is 0. The van der Waals surface area contributed by atoms with E-state index in [1.807, 2.05) is 25.7 Å². The van der Waals surface area contributed by atoms with Gasteiger partial charge in [-0.3, -0.25) is 9.59 Å². The monoisotopic (exact) mass is 339 g/mol. The number of amides is 3. The first kappa shape index (κ1) is 18.5. The molecule has 3 amide bonds. The molecule has 0 bridgehead atoms. The standard InChI is InChI=1S/C17H29N3O4/c1-17(2,3)24-16(23)20-10-7-13(12-20)15(22)18-11-14(21)19-8-5-4-6-9-19/h13H,4-12H2,1-3H3,(H,18,22). The normalized spacial score (nSPS) is 21.5. The maximum absolute atomic E-state index is 12.2. The van der Waals surface area contributed by atoms with Gasteiger partial charge >= 0.3 is 6.09 Å². The third kappa shape index (κ3) is 5.39. The number of nitrogens with one attached hydrogen (secondary N) is 1. The van der Waals surface area contributed by atoms with E-state index in [9.17, 15) is 14.4 Å². The highest BCUT2D eigenvalue weighted by atomic mass is 16.6. The Morgan fingerprint density at radius 2 is 1.71 bits per heavy atom. The van der Waals surface area contributed by atoms with E-state index < -0.39 is 5.60 Å². The van der Waals surface area contributed by atoms with Crippen molar-refractivity contribution < 1.29 is 19.1 Å². The summed E-state index contributed by atoms with van der Waals surface area (Å²) in [6.45, 7) is 7.91.